The number of fused-ring (bicyclic) bond motifs is 1. The van der Waals surface area contributed by atoms with Crippen LogP contribution in [0, 0.1) is 0 Å². The summed E-state index contributed by atoms with van der Waals surface area (Å²) >= 11 is 0. The second-order valence-electron chi connectivity index (χ2n) is 8.76. The van der Waals surface area contributed by atoms with Crippen LogP contribution in [0.25, 0.3) is 0 Å². The topological polar surface area (TPSA) is 83.1 Å². The molecular formula is C22H30N6O3. The molecule has 0 spiro atoms. The van der Waals surface area contributed by atoms with Crippen LogP contribution in [0.1, 0.15) is 26.3 Å². The lowest BCUT2D eigenvalue weighted by atomic mass is 10.1. The SMILES string of the molecule is CONc1ccc2c(c1)CCN2c1ccc(N2CCN(C(=O)OC(C)(C)C)CC2)nn1. The van der Waals surface area contributed by atoms with Gasteiger partial charge in [-0.15, -0.1) is 10.2 Å². The molecule has 0 bridgehead atoms. The summed E-state index contributed by atoms with van der Waals surface area (Å²) in [6.45, 7) is 9.13. The van der Waals surface area contributed by atoms with Gasteiger partial charge in [-0.1, -0.05) is 0 Å². The van der Waals surface area contributed by atoms with Crippen molar-refractivity contribution in [3.05, 3.63) is 35.9 Å². The fourth-order valence-electron chi connectivity index (χ4n) is 3.90. The second-order valence-corrected chi connectivity index (χ2v) is 8.76. The monoisotopic (exact) mass is 426 g/mol. The van der Waals surface area contributed by atoms with E-state index in [1.807, 2.05) is 39.0 Å². The Balaban J connectivity index is 1.38. The van der Waals surface area contributed by atoms with E-state index in [0.717, 1.165) is 36.0 Å². The Bertz CT molecular complexity index is 920. The highest BCUT2D eigenvalue weighted by Gasteiger charge is 2.27. The van der Waals surface area contributed by atoms with E-state index in [1.165, 1.54) is 5.56 Å². The van der Waals surface area contributed by atoms with Gasteiger partial charge in [0.15, 0.2) is 11.6 Å². The number of nitrogens with one attached hydrogen (secondary N) is 1. The maximum absolute atomic E-state index is 12.2. The van der Waals surface area contributed by atoms with E-state index in [4.69, 9.17) is 9.57 Å². The molecule has 1 amide bonds. The van der Waals surface area contributed by atoms with E-state index in [9.17, 15) is 4.79 Å². The number of carbonyl (C=O) groups excluding carboxylic acids is 1. The number of anilines is 4. The summed E-state index contributed by atoms with van der Waals surface area (Å²) in [6, 6.07) is 10.2. The van der Waals surface area contributed by atoms with Crippen molar-refractivity contribution >= 4 is 29.1 Å². The van der Waals surface area contributed by atoms with E-state index in [2.05, 4.69) is 37.6 Å². The number of nitrogens with zero attached hydrogens (tertiary/aromatic N) is 5. The zero-order chi connectivity index (χ0) is 22.0. The van der Waals surface area contributed by atoms with Gasteiger partial charge >= 0.3 is 6.09 Å². The molecule has 2 aliphatic rings. The molecule has 2 aromatic rings. The molecule has 0 unspecified atom stereocenters. The predicted octanol–water partition coefficient (Wildman–Crippen LogP) is 3.20. The van der Waals surface area contributed by atoms with Crippen LogP contribution < -0.4 is 15.3 Å². The van der Waals surface area contributed by atoms with Gasteiger partial charge in [0.1, 0.15) is 5.60 Å². The van der Waals surface area contributed by atoms with Crippen molar-refractivity contribution in [1.29, 1.82) is 0 Å². The molecule has 1 aromatic carbocycles. The quantitative estimate of drug-likeness (QED) is 0.747. The molecule has 9 heteroatoms. The zero-order valence-electron chi connectivity index (χ0n) is 18.6. The van der Waals surface area contributed by atoms with Gasteiger partial charge in [-0.05, 0) is 63.1 Å². The van der Waals surface area contributed by atoms with Crippen LogP contribution in [0.4, 0.5) is 27.8 Å². The number of aromatic nitrogens is 2. The number of hydrogen-bond acceptors (Lipinski definition) is 8. The second kappa shape index (κ2) is 8.58. The van der Waals surface area contributed by atoms with Gasteiger partial charge in [-0.3, -0.25) is 10.3 Å². The Morgan fingerprint density at radius 3 is 2.35 bits per heavy atom. The van der Waals surface area contributed by atoms with E-state index >= 15 is 0 Å². The molecule has 3 heterocycles. The summed E-state index contributed by atoms with van der Waals surface area (Å²) < 4.78 is 5.46. The van der Waals surface area contributed by atoms with Crippen LogP contribution in [0.5, 0.6) is 0 Å². The van der Waals surface area contributed by atoms with Crippen molar-refractivity contribution in [3.8, 4) is 0 Å². The molecule has 4 rings (SSSR count). The minimum atomic E-state index is -0.481. The third kappa shape index (κ3) is 4.82. The highest BCUT2D eigenvalue weighted by atomic mass is 16.6. The van der Waals surface area contributed by atoms with Crippen LogP contribution in [0.3, 0.4) is 0 Å². The van der Waals surface area contributed by atoms with Crippen LogP contribution in [-0.2, 0) is 16.0 Å². The van der Waals surface area contributed by atoms with Crippen molar-refractivity contribution in [3.63, 3.8) is 0 Å². The lowest BCUT2D eigenvalue weighted by Gasteiger charge is -2.36. The Labute approximate surface area is 182 Å². The van der Waals surface area contributed by atoms with E-state index in [-0.39, 0.29) is 6.09 Å². The predicted molar refractivity (Wildman–Crippen MR) is 120 cm³/mol. The van der Waals surface area contributed by atoms with Gasteiger partial charge in [-0.2, -0.15) is 0 Å². The van der Waals surface area contributed by atoms with Gasteiger partial charge in [0.05, 0.1) is 12.8 Å². The minimum Gasteiger partial charge on any atom is -0.444 e. The number of carbonyl (C=O) groups is 1. The Morgan fingerprint density at radius 2 is 1.71 bits per heavy atom. The molecule has 1 saturated heterocycles. The number of ether oxygens (including phenoxy) is 1. The smallest absolute Gasteiger partial charge is 0.410 e. The first kappa shape index (κ1) is 21.2. The molecule has 166 valence electrons. The number of rotatable bonds is 4. The summed E-state index contributed by atoms with van der Waals surface area (Å²) in [5.41, 5.74) is 5.74. The molecule has 0 saturated carbocycles. The molecule has 1 aromatic heterocycles. The van der Waals surface area contributed by atoms with Crippen molar-refractivity contribution in [2.45, 2.75) is 32.8 Å². The number of amides is 1. The van der Waals surface area contributed by atoms with E-state index < -0.39 is 5.60 Å². The Morgan fingerprint density at radius 1 is 1.00 bits per heavy atom. The lowest BCUT2D eigenvalue weighted by Crippen LogP contribution is -2.50. The standard InChI is InChI=1S/C22H30N6O3/c1-22(2,3)31-21(29)27-13-11-26(12-14-27)19-7-8-20(24-23-19)28-10-9-16-15-17(25-30-4)5-6-18(16)28/h5-8,15,25H,9-14H2,1-4H3. The first-order valence-corrected chi connectivity index (χ1v) is 10.6. The molecule has 0 radical (unpaired) electrons. The fourth-order valence-corrected chi connectivity index (χ4v) is 3.90. The zero-order valence-corrected chi connectivity index (χ0v) is 18.6. The number of hydrogen-bond donors (Lipinski definition) is 1. The van der Waals surface area contributed by atoms with E-state index in [0.29, 0.717) is 26.2 Å². The molecule has 1 N–H and O–H groups in total. The fraction of sp³-hybridized carbons (Fsp3) is 0.500. The summed E-state index contributed by atoms with van der Waals surface area (Å²) in [4.78, 5) is 23.3. The molecule has 0 aliphatic carbocycles. The first-order valence-electron chi connectivity index (χ1n) is 10.6. The van der Waals surface area contributed by atoms with Crippen LogP contribution in [-0.4, -0.2) is 66.6 Å². The summed E-state index contributed by atoms with van der Waals surface area (Å²) in [7, 11) is 1.61. The molecule has 31 heavy (non-hydrogen) atoms. The van der Waals surface area contributed by atoms with Crippen molar-refractivity contribution in [1.82, 2.24) is 15.1 Å². The molecule has 0 atom stereocenters. The van der Waals surface area contributed by atoms with E-state index in [1.54, 1.807) is 12.0 Å². The average molecular weight is 427 g/mol. The average Bonchev–Trinajstić information content (AvgIpc) is 3.16. The Kier molecular flexibility index (Phi) is 5.86. The van der Waals surface area contributed by atoms with Gasteiger partial charge in [0.2, 0.25) is 0 Å². The Hall–Kier alpha value is -3.07. The van der Waals surface area contributed by atoms with Crippen LogP contribution in [0.15, 0.2) is 30.3 Å². The highest BCUT2D eigenvalue weighted by molar-refractivity contribution is 5.71. The van der Waals surface area contributed by atoms with Gasteiger partial charge in [0, 0.05) is 38.4 Å². The first-order chi connectivity index (χ1) is 14.8. The normalized spacial score (nSPS) is 16.3. The number of benzene rings is 1. The molecule has 2 aliphatic heterocycles. The van der Waals surface area contributed by atoms with Gasteiger partial charge in [-0.25, -0.2) is 4.79 Å². The van der Waals surface area contributed by atoms with Crippen LogP contribution in [0.2, 0.25) is 0 Å². The van der Waals surface area contributed by atoms with Crippen molar-refractivity contribution in [2.75, 3.05) is 55.1 Å². The van der Waals surface area contributed by atoms with Crippen LogP contribution >= 0.6 is 0 Å². The van der Waals surface area contributed by atoms with Crippen molar-refractivity contribution < 1.29 is 14.4 Å². The van der Waals surface area contributed by atoms with Gasteiger partial charge < -0.3 is 19.4 Å². The summed E-state index contributed by atoms with van der Waals surface area (Å²) in [5.74, 6) is 1.66. The van der Waals surface area contributed by atoms with Crippen molar-refractivity contribution in [2.24, 2.45) is 0 Å². The summed E-state index contributed by atoms with van der Waals surface area (Å²) in [5, 5.41) is 8.95. The third-order valence-corrected chi connectivity index (χ3v) is 5.36. The number of piperazine rings is 1. The van der Waals surface area contributed by atoms with Gasteiger partial charge in [0.25, 0.3) is 0 Å². The largest absolute Gasteiger partial charge is 0.444 e. The summed E-state index contributed by atoms with van der Waals surface area (Å²) in [6.07, 6.45) is 0.690. The lowest BCUT2D eigenvalue weighted by molar-refractivity contribution is 0.0240. The minimum absolute atomic E-state index is 0.259. The highest BCUT2D eigenvalue weighted by Crippen LogP contribution is 2.35. The maximum Gasteiger partial charge on any atom is 0.410 e. The molecule has 9 nitrogen and oxygen atoms in total. The molecule has 1 fully saturated rings. The molecular weight excluding hydrogens is 396 g/mol. The maximum atomic E-state index is 12.2. The third-order valence-electron chi connectivity index (χ3n) is 5.36.